The second kappa shape index (κ2) is 8.73. The molecule has 1 aromatic rings. The van der Waals surface area contributed by atoms with Gasteiger partial charge in [0.1, 0.15) is 5.75 Å². The molecule has 1 fully saturated rings. The first kappa shape index (κ1) is 21.2. The van der Waals surface area contributed by atoms with Crippen molar-refractivity contribution in [3.63, 3.8) is 0 Å². The largest absolute Gasteiger partial charge is 0.495 e. The van der Waals surface area contributed by atoms with Gasteiger partial charge in [0.25, 0.3) is 5.91 Å². The number of nitrogens with one attached hydrogen (secondary N) is 2. The molecule has 0 saturated carbocycles. The van der Waals surface area contributed by atoms with E-state index < -0.39 is 36.0 Å². The molecule has 2 N–H and O–H groups in total. The zero-order chi connectivity index (χ0) is 20.9. The van der Waals surface area contributed by atoms with E-state index in [1.165, 1.54) is 12.0 Å². The minimum absolute atomic E-state index is 0.0248. The number of hydrogen-bond donors (Lipinski definition) is 2. The third kappa shape index (κ3) is 5.70. The van der Waals surface area contributed by atoms with Crippen molar-refractivity contribution in [2.45, 2.75) is 32.7 Å². The molecule has 1 saturated heterocycles. The maximum absolute atomic E-state index is 12.3. The van der Waals surface area contributed by atoms with E-state index in [1.807, 2.05) is 0 Å². The maximum atomic E-state index is 12.3. The van der Waals surface area contributed by atoms with Crippen LogP contribution < -0.4 is 20.3 Å². The highest BCUT2D eigenvalue weighted by Gasteiger charge is 2.37. The number of amides is 4. The fourth-order valence-corrected chi connectivity index (χ4v) is 2.74. The number of benzene rings is 1. The lowest BCUT2D eigenvalue weighted by molar-refractivity contribution is -0.152. The summed E-state index contributed by atoms with van der Waals surface area (Å²) < 4.78 is 10.2. The van der Waals surface area contributed by atoms with E-state index in [1.54, 1.807) is 45.0 Å². The molecule has 1 heterocycles. The summed E-state index contributed by atoms with van der Waals surface area (Å²) >= 11 is 0. The van der Waals surface area contributed by atoms with Gasteiger partial charge in [-0.15, -0.1) is 0 Å². The molecule has 0 unspecified atom stereocenters. The second-order valence-corrected chi connectivity index (χ2v) is 7.44. The van der Waals surface area contributed by atoms with Gasteiger partial charge in [0, 0.05) is 18.5 Å². The molecule has 152 valence electrons. The Labute approximate surface area is 163 Å². The lowest BCUT2D eigenvalue weighted by atomic mass is 10.1. The van der Waals surface area contributed by atoms with Crippen molar-refractivity contribution < 1.29 is 28.7 Å². The Kier molecular flexibility index (Phi) is 6.61. The summed E-state index contributed by atoms with van der Waals surface area (Å²) in [5.74, 6) is -1.83. The smallest absolute Gasteiger partial charge is 0.321 e. The molecule has 1 aliphatic rings. The molecule has 1 aliphatic heterocycles. The van der Waals surface area contributed by atoms with Crippen molar-refractivity contribution in [1.82, 2.24) is 10.6 Å². The van der Waals surface area contributed by atoms with E-state index in [0.717, 1.165) is 0 Å². The van der Waals surface area contributed by atoms with E-state index in [4.69, 9.17) is 9.47 Å². The van der Waals surface area contributed by atoms with E-state index in [2.05, 4.69) is 10.6 Å². The zero-order valence-corrected chi connectivity index (χ0v) is 16.4. The Morgan fingerprint density at radius 3 is 2.54 bits per heavy atom. The average Bonchev–Trinajstić information content (AvgIpc) is 2.99. The fraction of sp³-hybridized carbons (Fsp3) is 0.474. The van der Waals surface area contributed by atoms with Crippen molar-refractivity contribution >= 4 is 29.5 Å². The van der Waals surface area contributed by atoms with Crippen LogP contribution in [-0.2, 0) is 19.1 Å². The minimum Gasteiger partial charge on any atom is -0.495 e. The number of nitrogens with zero attached hydrogens (tertiary/aromatic N) is 1. The minimum atomic E-state index is -0.749. The Bertz CT molecular complexity index is 771. The van der Waals surface area contributed by atoms with Gasteiger partial charge in [-0.25, -0.2) is 4.79 Å². The molecule has 0 bridgehead atoms. The molecule has 2 rings (SSSR count). The first-order chi connectivity index (χ1) is 13.1. The number of anilines is 1. The molecular weight excluding hydrogens is 366 g/mol. The quantitative estimate of drug-likeness (QED) is 0.730. The SMILES string of the molecule is COc1ccccc1N1C[C@H](C(=O)OCC(=O)NC(=O)NC(C)(C)C)CC1=O. The highest BCUT2D eigenvalue weighted by atomic mass is 16.5. The molecule has 1 atom stereocenters. The monoisotopic (exact) mass is 391 g/mol. The van der Waals surface area contributed by atoms with Crippen LogP contribution in [0.4, 0.5) is 10.5 Å². The van der Waals surface area contributed by atoms with Crippen LogP contribution in [-0.4, -0.2) is 49.6 Å². The third-order valence-electron chi connectivity index (χ3n) is 3.92. The van der Waals surface area contributed by atoms with Gasteiger partial charge in [0.2, 0.25) is 5.91 Å². The predicted octanol–water partition coefficient (Wildman–Crippen LogP) is 1.22. The average molecular weight is 391 g/mol. The lowest BCUT2D eigenvalue weighted by Gasteiger charge is -2.20. The van der Waals surface area contributed by atoms with Crippen molar-refractivity contribution in [2.24, 2.45) is 5.92 Å². The number of para-hydroxylation sites is 2. The van der Waals surface area contributed by atoms with Crippen molar-refractivity contribution in [3.8, 4) is 5.75 Å². The van der Waals surface area contributed by atoms with Crippen LogP contribution in [0.3, 0.4) is 0 Å². The summed E-state index contributed by atoms with van der Waals surface area (Å²) in [5.41, 5.74) is 0.0645. The summed E-state index contributed by atoms with van der Waals surface area (Å²) in [7, 11) is 1.50. The summed E-state index contributed by atoms with van der Waals surface area (Å²) in [5, 5.41) is 4.64. The fourth-order valence-electron chi connectivity index (χ4n) is 2.74. The van der Waals surface area contributed by atoms with Gasteiger partial charge in [0.15, 0.2) is 6.61 Å². The van der Waals surface area contributed by atoms with Crippen LogP contribution in [0, 0.1) is 5.92 Å². The Morgan fingerprint density at radius 2 is 1.89 bits per heavy atom. The second-order valence-electron chi connectivity index (χ2n) is 7.44. The van der Waals surface area contributed by atoms with Crippen LogP contribution in [0.25, 0.3) is 0 Å². The van der Waals surface area contributed by atoms with Crippen molar-refractivity contribution in [2.75, 3.05) is 25.2 Å². The Balaban J connectivity index is 1.88. The molecule has 0 radical (unpaired) electrons. The number of rotatable bonds is 5. The number of ether oxygens (including phenoxy) is 2. The molecule has 0 aromatic heterocycles. The standard InChI is InChI=1S/C19H25N3O6/c1-19(2,3)21-18(26)20-15(23)11-28-17(25)12-9-16(24)22(10-12)13-7-5-6-8-14(13)27-4/h5-8,12H,9-11H2,1-4H3,(H2,20,21,23,26)/t12-/m1/s1. The molecule has 9 heteroatoms. The van der Waals surface area contributed by atoms with Crippen LogP contribution >= 0.6 is 0 Å². The highest BCUT2D eigenvalue weighted by Crippen LogP contribution is 2.33. The molecule has 28 heavy (non-hydrogen) atoms. The van der Waals surface area contributed by atoms with Gasteiger partial charge >= 0.3 is 12.0 Å². The molecule has 0 spiro atoms. The number of urea groups is 1. The Hall–Kier alpha value is -3.10. The van der Waals surface area contributed by atoms with E-state index in [0.29, 0.717) is 11.4 Å². The summed E-state index contributed by atoms with van der Waals surface area (Å²) in [6.45, 7) is 4.82. The lowest BCUT2D eigenvalue weighted by Crippen LogP contribution is -2.49. The third-order valence-corrected chi connectivity index (χ3v) is 3.92. The van der Waals surface area contributed by atoms with Crippen molar-refractivity contribution in [1.29, 1.82) is 0 Å². The van der Waals surface area contributed by atoms with Crippen LogP contribution in [0.15, 0.2) is 24.3 Å². The van der Waals surface area contributed by atoms with Gasteiger partial charge in [0.05, 0.1) is 18.7 Å². The summed E-state index contributed by atoms with van der Waals surface area (Å²) in [6, 6.07) is 6.33. The number of imide groups is 1. The predicted molar refractivity (Wildman–Crippen MR) is 101 cm³/mol. The molecular formula is C19H25N3O6. The molecule has 0 aliphatic carbocycles. The van der Waals surface area contributed by atoms with E-state index >= 15 is 0 Å². The van der Waals surface area contributed by atoms with Gasteiger partial charge in [-0.3, -0.25) is 19.7 Å². The van der Waals surface area contributed by atoms with Gasteiger partial charge in [-0.2, -0.15) is 0 Å². The molecule has 9 nitrogen and oxygen atoms in total. The Morgan fingerprint density at radius 1 is 1.21 bits per heavy atom. The normalized spacial score (nSPS) is 16.5. The van der Waals surface area contributed by atoms with Gasteiger partial charge in [-0.1, -0.05) is 12.1 Å². The van der Waals surface area contributed by atoms with Crippen molar-refractivity contribution in [3.05, 3.63) is 24.3 Å². The highest BCUT2D eigenvalue weighted by molar-refractivity contribution is 6.01. The van der Waals surface area contributed by atoms with E-state index in [9.17, 15) is 19.2 Å². The number of esters is 1. The number of hydrogen-bond acceptors (Lipinski definition) is 6. The summed E-state index contributed by atoms with van der Waals surface area (Å²) in [4.78, 5) is 49.4. The van der Waals surface area contributed by atoms with Crippen LogP contribution in [0.2, 0.25) is 0 Å². The van der Waals surface area contributed by atoms with Gasteiger partial charge in [-0.05, 0) is 32.9 Å². The van der Waals surface area contributed by atoms with Gasteiger partial charge < -0.3 is 19.7 Å². The first-order valence-electron chi connectivity index (χ1n) is 8.82. The topological polar surface area (TPSA) is 114 Å². The zero-order valence-electron chi connectivity index (χ0n) is 16.4. The molecule has 4 amide bonds. The maximum Gasteiger partial charge on any atom is 0.321 e. The number of carbonyl (C=O) groups is 4. The van der Waals surface area contributed by atoms with Crippen LogP contribution in [0.5, 0.6) is 5.75 Å². The number of methoxy groups -OCH3 is 1. The van der Waals surface area contributed by atoms with E-state index in [-0.39, 0.29) is 18.9 Å². The number of carbonyl (C=O) groups excluding carboxylic acids is 4. The first-order valence-corrected chi connectivity index (χ1v) is 8.82. The summed E-state index contributed by atoms with van der Waals surface area (Å²) in [6.07, 6.45) is -0.0248. The molecule has 1 aromatic carbocycles. The van der Waals surface area contributed by atoms with Crippen LogP contribution in [0.1, 0.15) is 27.2 Å².